The Balaban J connectivity index is 2.04. The molecule has 1 aliphatic carbocycles. The molecule has 0 spiro atoms. The van der Waals surface area contributed by atoms with Crippen molar-refractivity contribution in [1.82, 2.24) is 5.32 Å². The van der Waals surface area contributed by atoms with Crippen molar-refractivity contribution in [2.75, 3.05) is 19.6 Å². The van der Waals surface area contributed by atoms with Gasteiger partial charge < -0.3 is 11.1 Å². The summed E-state index contributed by atoms with van der Waals surface area (Å²) in [6.45, 7) is 10.3. The Morgan fingerprint density at radius 3 is 2.41 bits per heavy atom. The molecule has 0 heterocycles. The van der Waals surface area contributed by atoms with Crippen LogP contribution < -0.4 is 11.1 Å². The minimum absolute atomic E-state index is 0.424. The highest BCUT2D eigenvalue weighted by Gasteiger charge is 2.27. The minimum atomic E-state index is 0.424. The van der Waals surface area contributed by atoms with Crippen molar-refractivity contribution in [1.29, 1.82) is 0 Å². The van der Waals surface area contributed by atoms with E-state index in [1.54, 1.807) is 0 Å². The second kappa shape index (κ2) is 6.75. The Morgan fingerprint density at radius 2 is 1.82 bits per heavy atom. The normalized spacial score (nSPS) is 19.8. The predicted molar refractivity (Wildman–Crippen MR) is 76.1 cm³/mol. The Kier molecular flexibility index (Phi) is 5.94. The van der Waals surface area contributed by atoms with Crippen molar-refractivity contribution in [2.45, 2.75) is 65.7 Å². The Labute approximate surface area is 108 Å². The van der Waals surface area contributed by atoms with Crippen LogP contribution in [0.2, 0.25) is 0 Å². The summed E-state index contributed by atoms with van der Waals surface area (Å²) in [7, 11) is 0. The number of nitrogens with two attached hydrogens (primary N) is 1. The molecule has 17 heavy (non-hydrogen) atoms. The fourth-order valence-electron chi connectivity index (χ4n) is 3.00. The maximum absolute atomic E-state index is 5.63. The van der Waals surface area contributed by atoms with Crippen molar-refractivity contribution in [2.24, 2.45) is 16.6 Å². The van der Waals surface area contributed by atoms with Crippen LogP contribution in [0, 0.1) is 10.8 Å². The molecule has 2 heteroatoms. The first-order valence-corrected chi connectivity index (χ1v) is 7.38. The number of hydrogen-bond donors (Lipinski definition) is 2. The third-order valence-corrected chi connectivity index (χ3v) is 4.39. The van der Waals surface area contributed by atoms with Gasteiger partial charge in [0.1, 0.15) is 0 Å². The van der Waals surface area contributed by atoms with Gasteiger partial charge in [0.15, 0.2) is 0 Å². The first kappa shape index (κ1) is 15.0. The first-order valence-electron chi connectivity index (χ1n) is 7.38. The maximum atomic E-state index is 5.63. The molecular formula is C15H32N2. The lowest BCUT2D eigenvalue weighted by atomic mass is 9.84. The highest BCUT2D eigenvalue weighted by atomic mass is 14.9. The van der Waals surface area contributed by atoms with E-state index in [2.05, 4.69) is 26.1 Å². The summed E-state index contributed by atoms with van der Waals surface area (Å²) in [5.41, 5.74) is 6.64. The predicted octanol–water partition coefficient (Wildman–Crippen LogP) is 3.31. The van der Waals surface area contributed by atoms with Gasteiger partial charge in [0, 0.05) is 6.54 Å². The second-order valence-corrected chi connectivity index (χ2v) is 7.00. The summed E-state index contributed by atoms with van der Waals surface area (Å²) in [5.74, 6) is 0. The van der Waals surface area contributed by atoms with Crippen molar-refractivity contribution < 1.29 is 0 Å². The van der Waals surface area contributed by atoms with Crippen LogP contribution in [0.15, 0.2) is 0 Å². The Bertz CT molecular complexity index is 205. The zero-order valence-electron chi connectivity index (χ0n) is 12.1. The van der Waals surface area contributed by atoms with Gasteiger partial charge >= 0.3 is 0 Å². The third-order valence-electron chi connectivity index (χ3n) is 4.39. The van der Waals surface area contributed by atoms with E-state index in [1.807, 2.05) is 0 Å². The summed E-state index contributed by atoms with van der Waals surface area (Å²) < 4.78 is 0. The van der Waals surface area contributed by atoms with Gasteiger partial charge in [-0.2, -0.15) is 0 Å². The molecule has 0 aromatic carbocycles. The van der Waals surface area contributed by atoms with Crippen molar-refractivity contribution in [3.8, 4) is 0 Å². The molecule has 1 saturated carbocycles. The number of hydrogen-bond acceptors (Lipinski definition) is 2. The van der Waals surface area contributed by atoms with Gasteiger partial charge in [-0.05, 0) is 56.0 Å². The molecule has 3 N–H and O–H groups in total. The molecule has 0 radical (unpaired) electrons. The van der Waals surface area contributed by atoms with Crippen LogP contribution >= 0.6 is 0 Å². The smallest absolute Gasteiger partial charge is 0.000516 e. The van der Waals surface area contributed by atoms with Crippen LogP contribution in [0.3, 0.4) is 0 Å². The fraction of sp³-hybridized carbons (Fsp3) is 1.00. The minimum Gasteiger partial charge on any atom is -0.330 e. The summed E-state index contributed by atoms with van der Waals surface area (Å²) in [6.07, 6.45) is 9.41. The van der Waals surface area contributed by atoms with Crippen molar-refractivity contribution in [3.63, 3.8) is 0 Å². The highest BCUT2D eigenvalue weighted by Crippen LogP contribution is 2.36. The average Bonchev–Trinajstić information content (AvgIpc) is 2.65. The molecule has 0 bridgehead atoms. The zero-order valence-corrected chi connectivity index (χ0v) is 12.1. The molecule has 0 aromatic rings. The number of nitrogens with one attached hydrogen (secondary N) is 1. The van der Waals surface area contributed by atoms with Crippen LogP contribution in [-0.2, 0) is 0 Å². The van der Waals surface area contributed by atoms with E-state index in [9.17, 15) is 0 Å². The van der Waals surface area contributed by atoms with Gasteiger partial charge in [0.25, 0.3) is 0 Å². The molecule has 0 amide bonds. The van der Waals surface area contributed by atoms with Crippen LogP contribution in [0.4, 0.5) is 0 Å². The van der Waals surface area contributed by atoms with Crippen molar-refractivity contribution in [3.05, 3.63) is 0 Å². The van der Waals surface area contributed by atoms with E-state index in [0.717, 1.165) is 13.0 Å². The van der Waals surface area contributed by atoms with Crippen LogP contribution in [0.25, 0.3) is 0 Å². The monoisotopic (exact) mass is 240 g/mol. The highest BCUT2D eigenvalue weighted by molar-refractivity contribution is 4.82. The Hall–Kier alpha value is -0.0800. The lowest BCUT2D eigenvalue weighted by Crippen LogP contribution is -2.30. The van der Waals surface area contributed by atoms with E-state index >= 15 is 0 Å². The second-order valence-electron chi connectivity index (χ2n) is 7.00. The molecule has 0 unspecified atom stereocenters. The zero-order chi connectivity index (χ0) is 12.8. The van der Waals surface area contributed by atoms with Gasteiger partial charge in [-0.1, -0.05) is 33.6 Å². The van der Waals surface area contributed by atoms with Crippen LogP contribution in [0.1, 0.15) is 65.7 Å². The molecule has 0 atom stereocenters. The van der Waals surface area contributed by atoms with Gasteiger partial charge in [0.2, 0.25) is 0 Å². The molecule has 0 aromatic heterocycles. The van der Waals surface area contributed by atoms with Gasteiger partial charge in [-0.3, -0.25) is 0 Å². The summed E-state index contributed by atoms with van der Waals surface area (Å²) in [4.78, 5) is 0. The quantitative estimate of drug-likeness (QED) is 0.639. The third kappa shape index (κ3) is 5.87. The first-order chi connectivity index (χ1) is 7.97. The van der Waals surface area contributed by atoms with Gasteiger partial charge in [-0.25, -0.2) is 0 Å². The van der Waals surface area contributed by atoms with Crippen LogP contribution in [-0.4, -0.2) is 19.6 Å². The molecule has 1 aliphatic rings. The number of rotatable bonds is 8. The molecule has 102 valence electrons. The lowest BCUT2D eigenvalue weighted by molar-refractivity contribution is 0.286. The fourth-order valence-corrected chi connectivity index (χ4v) is 3.00. The van der Waals surface area contributed by atoms with E-state index in [0.29, 0.717) is 10.8 Å². The summed E-state index contributed by atoms with van der Waals surface area (Å²) in [5, 5.41) is 3.65. The van der Waals surface area contributed by atoms with Crippen LogP contribution in [0.5, 0.6) is 0 Å². The standard InChI is InChI=1S/C15H32N2/c1-14(2,10-11-16)7-6-12-17-13-15(3)8-4-5-9-15/h17H,4-13,16H2,1-3H3. The summed E-state index contributed by atoms with van der Waals surface area (Å²) in [6, 6.07) is 0. The molecule has 0 saturated heterocycles. The largest absolute Gasteiger partial charge is 0.330 e. The molecule has 1 fully saturated rings. The van der Waals surface area contributed by atoms with E-state index < -0.39 is 0 Å². The van der Waals surface area contributed by atoms with Crippen molar-refractivity contribution >= 4 is 0 Å². The summed E-state index contributed by atoms with van der Waals surface area (Å²) >= 11 is 0. The van der Waals surface area contributed by atoms with Gasteiger partial charge in [0.05, 0.1) is 0 Å². The Morgan fingerprint density at radius 1 is 1.18 bits per heavy atom. The SMILES string of the molecule is CC(C)(CCN)CCCNCC1(C)CCCC1. The molecule has 1 rings (SSSR count). The molecule has 2 nitrogen and oxygen atoms in total. The maximum Gasteiger partial charge on any atom is 0.000516 e. The van der Waals surface area contributed by atoms with Gasteiger partial charge in [-0.15, -0.1) is 0 Å². The van der Waals surface area contributed by atoms with E-state index in [4.69, 9.17) is 5.73 Å². The van der Waals surface area contributed by atoms with E-state index in [-0.39, 0.29) is 0 Å². The van der Waals surface area contributed by atoms with E-state index in [1.165, 1.54) is 51.6 Å². The molecular weight excluding hydrogens is 208 g/mol. The topological polar surface area (TPSA) is 38.0 Å². The average molecular weight is 240 g/mol. The lowest BCUT2D eigenvalue weighted by Gasteiger charge is -2.26. The molecule has 0 aliphatic heterocycles.